The monoisotopic (exact) mass is 293 g/mol. The Labute approximate surface area is 109 Å². The van der Waals surface area contributed by atoms with E-state index in [-0.39, 0.29) is 11.9 Å². The third kappa shape index (κ3) is 2.73. The highest BCUT2D eigenvalue weighted by Crippen LogP contribution is 2.22. The van der Waals surface area contributed by atoms with Crippen molar-refractivity contribution >= 4 is 15.9 Å². The summed E-state index contributed by atoms with van der Waals surface area (Å²) >= 11 is 3.37. The summed E-state index contributed by atoms with van der Waals surface area (Å²) in [5, 5.41) is 0. The second kappa shape index (κ2) is 4.98. The Morgan fingerprint density at radius 3 is 2.24 bits per heavy atom. The van der Waals surface area contributed by atoms with E-state index in [1.807, 2.05) is 30.3 Å². The minimum Gasteiger partial charge on any atom is -0.320 e. The molecule has 1 unspecified atom stereocenters. The van der Waals surface area contributed by atoms with E-state index in [0.29, 0.717) is 5.56 Å². The van der Waals surface area contributed by atoms with Crippen LogP contribution in [0, 0.1) is 12.7 Å². The van der Waals surface area contributed by atoms with E-state index in [4.69, 9.17) is 5.73 Å². The molecule has 2 aromatic carbocycles. The Balaban J connectivity index is 2.33. The summed E-state index contributed by atoms with van der Waals surface area (Å²) in [6.45, 7) is 1.74. The van der Waals surface area contributed by atoms with Crippen LogP contribution in [0.3, 0.4) is 0 Å². The van der Waals surface area contributed by atoms with Gasteiger partial charge in [-0.3, -0.25) is 0 Å². The molecule has 0 saturated heterocycles. The minimum atomic E-state index is -0.293. The van der Waals surface area contributed by atoms with Crippen molar-refractivity contribution in [1.29, 1.82) is 0 Å². The van der Waals surface area contributed by atoms with Crippen LogP contribution in [0.15, 0.2) is 46.9 Å². The third-order valence-electron chi connectivity index (χ3n) is 2.78. The zero-order valence-corrected chi connectivity index (χ0v) is 11.0. The molecule has 1 atom stereocenters. The minimum absolute atomic E-state index is 0.213. The highest BCUT2D eigenvalue weighted by molar-refractivity contribution is 9.10. The number of nitrogens with two attached hydrogens (primary N) is 1. The SMILES string of the molecule is Cc1ccc(C(N)c2ccc(Br)cc2)cc1F. The molecule has 1 nitrogen and oxygen atoms in total. The maximum Gasteiger partial charge on any atom is 0.126 e. The second-order valence-electron chi connectivity index (χ2n) is 4.04. The van der Waals surface area contributed by atoms with Gasteiger partial charge >= 0.3 is 0 Å². The van der Waals surface area contributed by atoms with E-state index in [9.17, 15) is 4.39 Å². The molecular formula is C14H13BrFN. The van der Waals surface area contributed by atoms with Crippen molar-refractivity contribution in [3.63, 3.8) is 0 Å². The van der Waals surface area contributed by atoms with Crippen molar-refractivity contribution in [1.82, 2.24) is 0 Å². The van der Waals surface area contributed by atoms with Crippen molar-refractivity contribution in [2.24, 2.45) is 5.73 Å². The molecule has 0 fully saturated rings. The Morgan fingerprint density at radius 2 is 1.65 bits per heavy atom. The van der Waals surface area contributed by atoms with Gasteiger partial charge in [0, 0.05) is 4.47 Å². The van der Waals surface area contributed by atoms with Gasteiger partial charge < -0.3 is 5.73 Å². The van der Waals surface area contributed by atoms with E-state index in [0.717, 1.165) is 15.6 Å². The van der Waals surface area contributed by atoms with Gasteiger partial charge in [0.25, 0.3) is 0 Å². The molecule has 0 amide bonds. The van der Waals surface area contributed by atoms with Crippen LogP contribution in [-0.2, 0) is 0 Å². The van der Waals surface area contributed by atoms with Crippen LogP contribution >= 0.6 is 15.9 Å². The van der Waals surface area contributed by atoms with Gasteiger partial charge in [0.15, 0.2) is 0 Å². The lowest BCUT2D eigenvalue weighted by atomic mass is 9.98. The lowest BCUT2D eigenvalue weighted by molar-refractivity contribution is 0.614. The van der Waals surface area contributed by atoms with Gasteiger partial charge in [-0.2, -0.15) is 0 Å². The summed E-state index contributed by atoms with van der Waals surface area (Å²) in [5.74, 6) is -0.213. The number of hydrogen-bond donors (Lipinski definition) is 1. The summed E-state index contributed by atoms with van der Waals surface area (Å²) in [4.78, 5) is 0. The second-order valence-corrected chi connectivity index (χ2v) is 4.95. The fraction of sp³-hybridized carbons (Fsp3) is 0.143. The van der Waals surface area contributed by atoms with Gasteiger partial charge in [-0.05, 0) is 41.8 Å². The highest BCUT2D eigenvalue weighted by Gasteiger charge is 2.10. The summed E-state index contributed by atoms with van der Waals surface area (Å²) in [5.41, 5.74) is 8.50. The quantitative estimate of drug-likeness (QED) is 0.892. The number of benzene rings is 2. The smallest absolute Gasteiger partial charge is 0.126 e. The van der Waals surface area contributed by atoms with Crippen LogP contribution in [0.25, 0.3) is 0 Å². The van der Waals surface area contributed by atoms with Gasteiger partial charge in [0.2, 0.25) is 0 Å². The number of hydrogen-bond acceptors (Lipinski definition) is 1. The third-order valence-corrected chi connectivity index (χ3v) is 3.31. The predicted octanol–water partition coefficient (Wildman–Crippen LogP) is 3.94. The van der Waals surface area contributed by atoms with Gasteiger partial charge in [-0.25, -0.2) is 4.39 Å². The van der Waals surface area contributed by atoms with Gasteiger partial charge in [-0.1, -0.05) is 40.2 Å². The van der Waals surface area contributed by atoms with Crippen molar-refractivity contribution < 1.29 is 4.39 Å². The van der Waals surface area contributed by atoms with Crippen LogP contribution in [0.5, 0.6) is 0 Å². The average molecular weight is 294 g/mol. The summed E-state index contributed by atoms with van der Waals surface area (Å²) in [7, 11) is 0. The van der Waals surface area contributed by atoms with E-state index >= 15 is 0 Å². The fourth-order valence-corrected chi connectivity index (χ4v) is 1.93. The van der Waals surface area contributed by atoms with Crippen molar-refractivity contribution in [3.8, 4) is 0 Å². The van der Waals surface area contributed by atoms with Crippen molar-refractivity contribution in [2.75, 3.05) is 0 Å². The Morgan fingerprint density at radius 1 is 1.06 bits per heavy atom. The lowest BCUT2D eigenvalue weighted by Gasteiger charge is -2.13. The largest absolute Gasteiger partial charge is 0.320 e. The summed E-state index contributed by atoms with van der Waals surface area (Å²) < 4.78 is 14.5. The lowest BCUT2D eigenvalue weighted by Crippen LogP contribution is -2.12. The highest BCUT2D eigenvalue weighted by atomic mass is 79.9. The van der Waals surface area contributed by atoms with Gasteiger partial charge in [0.05, 0.1) is 6.04 Å². The molecular weight excluding hydrogens is 281 g/mol. The molecule has 2 aromatic rings. The molecule has 2 rings (SSSR count). The molecule has 88 valence electrons. The first-order valence-corrected chi connectivity index (χ1v) is 6.14. The van der Waals surface area contributed by atoms with Crippen LogP contribution in [0.1, 0.15) is 22.7 Å². The van der Waals surface area contributed by atoms with E-state index < -0.39 is 0 Å². The molecule has 0 bridgehead atoms. The molecule has 0 radical (unpaired) electrons. The fourth-order valence-electron chi connectivity index (χ4n) is 1.67. The molecule has 3 heteroatoms. The van der Waals surface area contributed by atoms with Crippen LogP contribution in [0.4, 0.5) is 4.39 Å². The standard InChI is InChI=1S/C14H13BrFN/c1-9-2-3-11(8-13(9)16)14(17)10-4-6-12(15)7-5-10/h2-8,14H,17H2,1H3. The molecule has 0 aliphatic rings. The first-order valence-electron chi connectivity index (χ1n) is 5.35. The molecule has 17 heavy (non-hydrogen) atoms. The first-order chi connectivity index (χ1) is 8.08. The molecule has 0 aliphatic heterocycles. The van der Waals surface area contributed by atoms with E-state index in [2.05, 4.69) is 15.9 Å². The zero-order valence-electron chi connectivity index (χ0n) is 9.45. The Bertz CT molecular complexity index is 522. The van der Waals surface area contributed by atoms with Crippen molar-refractivity contribution in [2.45, 2.75) is 13.0 Å². The number of aryl methyl sites for hydroxylation is 1. The summed E-state index contributed by atoms with van der Waals surface area (Å²) in [6.07, 6.45) is 0. The molecule has 0 aromatic heterocycles. The Hall–Kier alpha value is -1.19. The average Bonchev–Trinajstić information content (AvgIpc) is 2.33. The van der Waals surface area contributed by atoms with Crippen molar-refractivity contribution in [3.05, 3.63) is 69.4 Å². The zero-order chi connectivity index (χ0) is 12.4. The molecule has 0 heterocycles. The summed E-state index contributed by atoms with van der Waals surface area (Å²) in [6, 6.07) is 12.6. The van der Waals surface area contributed by atoms with E-state index in [1.54, 1.807) is 13.0 Å². The normalized spacial score (nSPS) is 12.5. The molecule has 0 aliphatic carbocycles. The van der Waals surface area contributed by atoms with Crippen LogP contribution in [-0.4, -0.2) is 0 Å². The predicted molar refractivity (Wildman–Crippen MR) is 71.3 cm³/mol. The van der Waals surface area contributed by atoms with Gasteiger partial charge in [0.1, 0.15) is 5.82 Å². The maximum absolute atomic E-state index is 13.5. The maximum atomic E-state index is 13.5. The van der Waals surface area contributed by atoms with Crippen LogP contribution < -0.4 is 5.73 Å². The topological polar surface area (TPSA) is 26.0 Å². The van der Waals surface area contributed by atoms with Gasteiger partial charge in [-0.15, -0.1) is 0 Å². The van der Waals surface area contributed by atoms with Crippen LogP contribution in [0.2, 0.25) is 0 Å². The first kappa shape index (κ1) is 12.3. The Kier molecular flexibility index (Phi) is 3.60. The van der Waals surface area contributed by atoms with E-state index in [1.165, 1.54) is 6.07 Å². The molecule has 0 spiro atoms. The number of rotatable bonds is 2. The number of halogens is 2. The molecule has 2 N–H and O–H groups in total. The molecule has 0 saturated carbocycles.